The van der Waals surface area contributed by atoms with Crippen molar-refractivity contribution in [3.63, 3.8) is 0 Å². The predicted octanol–water partition coefficient (Wildman–Crippen LogP) is 4.38. The number of unbranched alkanes of at least 4 members (excludes halogenated alkanes) is 1. The zero-order valence-electron chi connectivity index (χ0n) is 18.5. The molecule has 3 aromatic rings. The number of pyridine rings is 1. The van der Waals surface area contributed by atoms with Crippen molar-refractivity contribution in [3.8, 4) is 0 Å². The number of hydrogen-bond acceptors (Lipinski definition) is 7. The van der Waals surface area contributed by atoms with Gasteiger partial charge in [-0.3, -0.25) is 4.68 Å². The zero-order chi connectivity index (χ0) is 21.1. The van der Waals surface area contributed by atoms with Crippen molar-refractivity contribution in [1.29, 1.82) is 0 Å². The Kier molecular flexibility index (Phi) is 6.01. The maximum Gasteiger partial charge on any atom is 0.232 e. The highest BCUT2D eigenvalue weighted by atomic mass is 15.3. The van der Waals surface area contributed by atoms with E-state index in [2.05, 4.69) is 59.1 Å². The summed E-state index contributed by atoms with van der Waals surface area (Å²) in [5.74, 6) is 3.23. The molecule has 4 rings (SSSR count). The summed E-state index contributed by atoms with van der Waals surface area (Å²) in [4.78, 5) is 18.7. The topological polar surface area (TPSA) is 75.0 Å². The van der Waals surface area contributed by atoms with E-state index in [1.54, 1.807) is 0 Å². The molecular formula is C22H32N8. The summed E-state index contributed by atoms with van der Waals surface area (Å²) in [7, 11) is 2.10. The Labute approximate surface area is 178 Å². The summed E-state index contributed by atoms with van der Waals surface area (Å²) in [5, 5.41) is 8.85. The average Bonchev–Trinajstić information content (AvgIpc) is 3.41. The SMILES string of the molecule is CCCCN(C)c1cc(N2CCCC2)nc(Nc2cc3c(cn2)cnn3C(C)C)n1. The molecule has 0 saturated carbocycles. The van der Waals surface area contributed by atoms with Crippen LogP contribution in [0, 0.1) is 0 Å². The van der Waals surface area contributed by atoms with Crippen LogP contribution in [0.5, 0.6) is 0 Å². The average molecular weight is 409 g/mol. The molecule has 0 radical (unpaired) electrons. The molecule has 30 heavy (non-hydrogen) atoms. The molecule has 0 unspecified atom stereocenters. The zero-order valence-corrected chi connectivity index (χ0v) is 18.5. The van der Waals surface area contributed by atoms with Crippen LogP contribution < -0.4 is 15.1 Å². The number of anilines is 4. The van der Waals surface area contributed by atoms with Crippen LogP contribution in [0.3, 0.4) is 0 Å². The number of aromatic nitrogens is 5. The van der Waals surface area contributed by atoms with E-state index in [9.17, 15) is 0 Å². The van der Waals surface area contributed by atoms with Crippen LogP contribution in [-0.4, -0.2) is 51.4 Å². The van der Waals surface area contributed by atoms with Gasteiger partial charge in [-0.25, -0.2) is 4.98 Å². The Balaban J connectivity index is 1.66. The van der Waals surface area contributed by atoms with Crippen LogP contribution in [0.15, 0.2) is 24.5 Å². The Bertz CT molecular complexity index is 990. The first kappa shape index (κ1) is 20.4. The minimum absolute atomic E-state index is 0.284. The fraction of sp³-hybridized carbons (Fsp3) is 0.545. The van der Waals surface area contributed by atoms with Crippen LogP contribution >= 0.6 is 0 Å². The molecule has 0 amide bonds. The number of rotatable bonds is 8. The smallest absolute Gasteiger partial charge is 0.232 e. The van der Waals surface area contributed by atoms with Gasteiger partial charge < -0.3 is 15.1 Å². The molecule has 0 aromatic carbocycles. The standard InChI is InChI=1S/C22H32N8/c1-5-6-9-28(4)20-13-21(29-10-7-8-11-29)27-22(26-20)25-19-12-18-17(14-23-19)15-24-30(18)16(2)3/h12-16H,5-11H2,1-4H3,(H,23,25,26,27). The van der Waals surface area contributed by atoms with Crippen molar-refractivity contribution in [3.05, 3.63) is 24.5 Å². The van der Waals surface area contributed by atoms with Gasteiger partial charge >= 0.3 is 0 Å². The number of hydrogen-bond donors (Lipinski definition) is 1. The number of fused-ring (bicyclic) bond motifs is 1. The number of nitrogens with zero attached hydrogens (tertiary/aromatic N) is 7. The molecule has 1 N–H and O–H groups in total. The Hall–Kier alpha value is -2.90. The Morgan fingerprint density at radius 3 is 2.67 bits per heavy atom. The van der Waals surface area contributed by atoms with Gasteiger partial charge in [0.25, 0.3) is 0 Å². The van der Waals surface area contributed by atoms with Gasteiger partial charge in [0, 0.05) is 56.4 Å². The molecule has 0 spiro atoms. The van der Waals surface area contributed by atoms with Crippen molar-refractivity contribution in [2.45, 2.75) is 52.5 Å². The van der Waals surface area contributed by atoms with Crippen LogP contribution in [0.25, 0.3) is 10.9 Å². The predicted molar refractivity (Wildman–Crippen MR) is 123 cm³/mol. The normalized spacial score (nSPS) is 14.1. The van der Waals surface area contributed by atoms with Crippen molar-refractivity contribution in [2.24, 2.45) is 0 Å². The van der Waals surface area contributed by atoms with E-state index in [1.165, 1.54) is 12.8 Å². The van der Waals surface area contributed by atoms with Crippen LogP contribution in [-0.2, 0) is 0 Å². The summed E-state index contributed by atoms with van der Waals surface area (Å²) < 4.78 is 2.01. The van der Waals surface area contributed by atoms with Gasteiger partial charge in [-0.05, 0) is 33.1 Å². The van der Waals surface area contributed by atoms with Crippen molar-refractivity contribution in [1.82, 2.24) is 24.7 Å². The summed E-state index contributed by atoms with van der Waals surface area (Å²) in [5.41, 5.74) is 1.05. The first-order chi connectivity index (χ1) is 14.5. The molecule has 1 fully saturated rings. The molecule has 1 aliphatic rings. The van der Waals surface area contributed by atoms with Gasteiger partial charge in [-0.15, -0.1) is 0 Å². The van der Waals surface area contributed by atoms with Gasteiger partial charge in [0.05, 0.1) is 11.7 Å². The first-order valence-electron chi connectivity index (χ1n) is 11.0. The minimum Gasteiger partial charge on any atom is -0.359 e. The van der Waals surface area contributed by atoms with Gasteiger partial charge in [0.2, 0.25) is 5.95 Å². The maximum absolute atomic E-state index is 4.81. The molecule has 8 nitrogen and oxygen atoms in total. The summed E-state index contributed by atoms with van der Waals surface area (Å²) >= 11 is 0. The Morgan fingerprint density at radius 2 is 1.93 bits per heavy atom. The second-order valence-electron chi connectivity index (χ2n) is 8.31. The van der Waals surface area contributed by atoms with Crippen LogP contribution in [0.4, 0.5) is 23.4 Å². The van der Waals surface area contributed by atoms with Gasteiger partial charge in [-0.1, -0.05) is 13.3 Å². The molecule has 160 valence electrons. The van der Waals surface area contributed by atoms with Crippen LogP contribution in [0.1, 0.15) is 52.5 Å². The molecular weight excluding hydrogens is 376 g/mol. The molecule has 1 saturated heterocycles. The molecule has 4 heterocycles. The lowest BCUT2D eigenvalue weighted by Crippen LogP contribution is -2.23. The fourth-order valence-corrected chi connectivity index (χ4v) is 3.83. The highest BCUT2D eigenvalue weighted by molar-refractivity contribution is 5.81. The third-order valence-electron chi connectivity index (χ3n) is 5.58. The Morgan fingerprint density at radius 1 is 1.13 bits per heavy atom. The van der Waals surface area contributed by atoms with Crippen LogP contribution in [0.2, 0.25) is 0 Å². The maximum atomic E-state index is 4.81. The third kappa shape index (κ3) is 4.32. The molecule has 1 aliphatic heterocycles. The van der Waals surface area contributed by atoms with Crippen molar-refractivity contribution >= 4 is 34.3 Å². The van der Waals surface area contributed by atoms with E-state index in [0.29, 0.717) is 5.95 Å². The lowest BCUT2D eigenvalue weighted by molar-refractivity contribution is 0.551. The molecule has 0 bridgehead atoms. The largest absolute Gasteiger partial charge is 0.359 e. The van der Waals surface area contributed by atoms with Gasteiger partial charge in [0.1, 0.15) is 17.5 Å². The van der Waals surface area contributed by atoms with E-state index >= 15 is 0 Å². The minimum atomic E-state index is 0.284. The van der Waals surface area contributed by atoms with Crippen molar-refractivity contribution in [2.75, 3.05) is 41.8 Å². The quantitative estimate of drug-likeness (QED) is 0.593. The summed E-state index contributed by atoms with van der Waals surface area (Å²) in [6, 6.07) is 4.41. The summed E-state index contributed by atoms with van der Waals surface area (Å²) in [6.45, 7) is 9.53. The highest BCUT2D eigenvalue weighted by Crippen LogP contribution is 2.26. The van der Waals surface area contributed by atoms with E-state index in [1.807, 2.05) is 23.1 Å². The number of nitrogens with one attached hydrogen (secondary N) is 1. The monoisotopic (exact) mass is 408 g/mol. The van der Waals surface area contributed by atoms with E-state index < -0.39 is 0 Å². The van der Waals surface area contributed by atoms with Gasteiger partial charge in [-0.2, -0.15) is 15.1 Å². The highest BCUT2D eigenvalue weighted by Gasteiger charge is 2.18. The van der Waals surface area contributed by atoms with Gasteiger partial charge in [0.15, 0.2) is 0 Å². The second-order valence-corrected chi connectivity index (χ2v) is 8.31. The van der Waals surface area contributed by atoms with E-state index in [-0.39, 0.29) is 6.04 Å². The summed E-state index contributed by atoms with van der Waals surface area (Å²) in [6.07, 6.45) is 8.43. The second kappa shape index (κ2) is 8.85. The fourth-order valence-electron chi connectivity index (χ4n) is 3.83. The third-order valence-corrected chi connectivity index (χ3v) is 5.58. The molecule has 0 atom stereocenters. The first-order valence-corrected chi connectivity index (χ1v) is 11.0. The van der Waals surface area contributed by atoms with E-state index in [0.717, 1.165) is 60.8 Å². The lowest BCUT2D eigenvalue weighted by Gasteiger charge is -2.22. The molecule has 3 aromatic heterocycles. The van der Waals surface area contributed by atoms with E-state index in [4.69, 9.17) is 9.97 Å². The molecule has 0 aliphatic carbocycles. The van der Waals surface area contributed by atoms with Crippen molar-refractivity contribution < 1.29 is 0 Å². The molecule has 8 heteroatoms. The lowest BCUT2D eigenvalue weighted by atomic mass is 10.3.